The van der Waals surface area contributed by atoms with E-state index < -0.39 is 0 Å². The van der Waals surface area contributed by atoms with Crippen LogP contribution in [0.4, 0.5) is 11.5 Å². The average molecular weight is 393 g/mol. The number of hydrogen-bond acceptors (Lipinski definition) is 7. The molecule has 1 aromatic heterocycles. The van der Waals surface area contributed by atoms with Crippen molar-refractivity contribution in [3.63, 3.8) is 0 Å². The van der Waals surface area contributed by atoms with E-state index >= 15 is 0 Å². The minimum atomic E-state index is -0.331. The molecule has 1 amide bonds. The van der Waals surface area contributed by atoms with E-state index in [0.717, 1.165) is 12.8 Å². The van der Waals surface area contributed by atoms with Crippen LogP contribution in [0.2, 0.25) is 5.28 Å². The number of carbonyl (C=O) groups is 1. The Labute approximate surface area is 162 Å². The maximum Gasteiger partial charge on any atom is 0.256 e. The van der Waals surface area contributed by atoms with Crippen LogP contribution in [0.15, 0.2) is 24.4 Å². The minimum Gasteiger partial charge on any atom is -0.491 e. The van der Waals surface area contributed by atoms with Crippen LogP contribution >= 0.6 is 11.6 Å². The lowest BCUT2D eigenvalue weighted by atomic mass is 10.1. The molecule has 144 valence electrons. The van der Waals surface area contributed by atoms with Gasteiger partial charge in [0.1, 0.15) is 17.5 Å². The predicted octanol–water partition coefficient (Wildman–Crippen LogP) is 2.80. The van der Waals surface area contributed by atoms with Crippen LogP contribution in [0.3, 0.4) is 0 Å². The van der Waals surface area contributed by atoms with Crippen LogP contribution in [-0.2, 0) is 4.74 Å². The topological polar surface area (TPSA) is 94.6 Å². The second-order valence-corrected chi connectivity index (χ2v) is 6.21. The van der Waals surface area contributed by atoms with Crippen molar-refractivity contribution in [3.05, 3.63) is 35.2 Å². The van der Waals surface area contributed by atoms with Gasteiger partial charge in [0.15, 0.2) is 11.5 Å². The second-order valence-electron chi connectivity index (χ2n) is 5.87. The normalized spacial score (nSPS) is 14.5. The molecular weight excluding hydrogens is 372 g/mol. The van der Waals surface area contributed by atoms with E-state index in [4.69, 9.17) is 25.8 Å². The Kier molecular flexibility index (Phi) is 6.31. The quantitative estimate of drug-likeness (QED) is 0.730. The Morgan fingerprint density at radius 2 is 2.11 bits per heavy atom. The number of methoxy groups -OCH3 is 1. The molecule has 0 aliphatic carbocycles. The van der Waals surface area contributed by atoms with Crippen LogP contribution in [0.5, 0.6) is 11.5 Å². The third-order valence-corrected chi connectivity index (χ3v) is 4.31. The van der Waals surface area contributed by atoms with E-state index in [0.29, 0.717) is 30.4 Å². The molecule has 2 N–H and O–H groups in total. The van der Waals surface area contributed by atoms with Crippen molar-refractivity contribution >= 4 is 29.0 Å². The highest BCUT2D eigenvalue weighted by Crippen LogP contribution is 2.38. The smallest absolute Gasteiger partial charge is 0.256 e. The van der Waals surface area contributed by atoms with Gasteiger partial charge < -0.3 is 24.8 Å². The van der Waals surface area contributed by atoms with Gasteiger partial charge in [-0.3, -0.25) is 4.79 Å². The summed E-state index contributed by atoms with van der Waals surface area (Å²) < 4.78 is 17.0. The summed E-state index contributed by atoms with van der Waals surface area (Å²) in [5, 5.41) is 5.68. The molecule has 2 aromatic rings. The molecule has 0 bridgehead atoms. The zero-order valence-electron chi connectivity index (χ0n) is 15.1. The van der Waals surface area contributed by atoms with Crippen molar-refractivity contribution < 1.29 is 19.0 Å². The summed E-state index contributed by atoms with van der Waals surface area (Å²) in [5.41, 5.74) is 0.863. The molecule has 0 radical (unpaired) electrons. The standard InChI is InChI=1S/C18H21ClN4O4/c1-20-17(24)12-10-21-18(19)23-16(12)22-13-4-3-5-14(15(13)25-2)27-11-6-8-26-9-7-11/h3-5,10-11H,6-9H2,1-2H3,(H,20,24)(H,21,22,23). The minimum absolute atomic E-state index is 0.0266. The molecule has 0 atom stereocenters. The molecule has 3 rings (SSSR count). The third-order valence-electron chi connectivity index (χ3n) is 4.13. The van der Waals surface area contributed by atoms with E-state index in [1.165, 1.54) is 13.2 Å². The number of ether oxygens (including phenoxy) is 3. The molecule has 0 saturated carbocycles. The number of para-hydroxylation sites is 1. The summed E-state index contributed by atoms with van der Waals surface area (Å²) in [6.07, 6.45) is 3.08. The van der Waals surface area contributed by atoms with Crippen LogP contribution in [-0.4, -0.2) is 49.4 Å². The maximum absolute atomic E-state index is 12.1. The van der Waals surface area contributed by atoms with Gasteiger partial charge in [-0.1, -0.05) is 6.07 Å². The van der Waals surface area contributed by atoms with Gasteiger partial charge in [0, 0.05) is 26.1 Å². The van der Waals surface area contributed by atoms with Crippen molar-refractivity contribution in [2.75, 3.05) is 32.7 Å². The molecule has 2 heterocycles. The molecule has 27 heavy (non-hydrogen) atoms. The number of hydrogen-bond donors (Lipinski definition) is 2. The summed E-state index contributed by atoms with van der Waals surface area (Å²) in [6, 6.07) is 5.48. The van der Waals surface area contributed by atoms with Crippen molar-refractivity contribution in [3.8, 4) is 11.5 Å². The van der Waals surface area contributed by atoms with Crippen LogP contribution in [0.1, 0.15) is 23.2 Å². The fraction of sp³-hybridized carbons (Fsp3) is 0.389. The Balaban J connectivity index is 1.90. The van der Waals surface area contributed by atoms with Crippen molar-refractivity contribution in [2.24, 2.45) is 0 Å². The summed E-state index contributed by atoms with van der Waals surface area (Å²) >= 11 is 5.90. The van der Waals surface area contributed by atoms with E-state index in [-0.39, 0.29) is 28.7 Å². The summed E-state index contributed by atoms with van der Waals surface area (Å²) in [6.45, 7) is 1.36. The lowest BCUT2D eigenvalue weighted by Gasteiger charge is -2.25. The number of anilines is 2. The second kappa shape index (κ2) is 8.88. The number of halogens is 1. The number of rotatable bonds is 6. The first-order valence-electron chi connectivity index (χ1n) is 8.55. The molecular formula is C18H21ClN4O4. The third kappa shape index (κ3) is 4.58. The van der Waals surface area contributed by atoms with Gasteiger partial charge in [0.25, 0.3) is 5.91 Å². The monoisotopic (exact) mass is 392 g/mol. The molecule has 1 aromatic carbocycles. The number of benzene rings is 1. The van der Waals surface area contributed by atoms with Crippen molar-refractivity contribution in [2.45, 2.75) is 18.9 Å². The first-order valence-corrected chi connectivity index (χ1v) is 8.93. The van der Waals surface area contributed by atoms with Crippen molar-refractivity contribution in [1.82, 2.24) is 15.3 Å². The molecule has 1 aliphatic rings. The Hall–Kier alpha value is -2.58. The van der Waals surface area contributed by atoms with Gasteiger partial charge in [-0.05, 0) is 23.7 Å². The zero-order chi connectivity index (χ0) is 19.2. The molecule has 9 heteroatoms. The van der Waals surface area contributed by atoms with E-state index in [9.17, 15) is 4.79 Å². The van der Waals surface area contributed by atoms with Gasteiger partial charge in [0.05, 0.1) is 26.0 Å². The van der Waals surface area contributed by atoms with Gasteiger partial charge in [-0.25, -0.2) is 4.98 Å². The Bertz CT molecular complexity index is 812. The Morgan fingerprint density at radius 3 is 2.81 bits per heavy atom. The van der Waals surface area contributed by atoms with E-state index in [1.54, 1.807) is 13.2 Å². The highest BCUT2D eigenvalue weighted by Gasteiger charge is 2.20. The SMILES string of the molecule is CNC(=O)c1cnc(Cl)nc1Nc1cccc(OC2CCOCC2)c1OC. The van der Waals surface area contributed by atoms with Crippen molar-refractivity contribution in [1.29, 1.82) is 0 Å². The molecule has 0 spiro atoms. The maximum atomic E-state index is 12.1. The predicted molar refractivity (Wildman–Crippen MR) is 101 cm³/mol. The Morgan fingerprint density at radius 1 is 1.33 bits per heavy atom. The average Bonchev–Trinajstić information content (AvgIpc) is 2.68. The first-order chi connectivity index (χ1) is 13.1. The number of nitrogens with one attached hydrogen (secondary N) is 2. The number of nitrogens with zero attached hydrogens (tertiary/aromatic N) is 2. The first kappa shape index (κ1) is 19.2. The molecule has 8 nitrogen and oxygen atoms in total. The van der Waals surface area contributed by atoms with Crippen LogP contribution in [0, 0.1) is 0 Å². The fourth-order valence-corrected chi connectivity index (χ4v) is 2.91. The fourth-order valence-electron chi connectivity index (χ4n) is 2.77. The molecule has 1 fully saturated rings. The highest BCUT2D eigenvalue weighted by atomic mass is 35.5. The van der Waals surface area contributed by atoms with Gasteiger partial charge >= 0.3 is 0 Å². The molecule has 0 unspecified atom stereocenters. The van der Waals surface area contributed by atoms with Gasteiger partial charge in [-0.2, -0.15) is 4.98 Å². The molecule has 1 saturated heterocycles. The summed E-state index contributed by atoms with van der Waals surface area (Å²) in [7, 11) is 3.09. The number of carbonyl (C=O) groups excluding carboxylic acids is 1. The lowest BCUT2D eigenvalue weighted by Crippen LogP contribution is -2.26. The highest BCUT2D eigenvalue weighted by molar-refractivity contribution is 6.28. The largest absolute Gasteiger partial charge is 0.491 e. The number of aromatic nitrogens is 2. The lowest BCUT2D eigenvalue weighted by molar-refractivity contribution is 0.0246. The summed E-state index contributed by atoms with van der Waals surface area (Å²) in [4.78, 5) is 20.1. The number of amides is 1. The van der Waals surface area contributed by atoms with E-state index in [2.05, 4.69) is 20.6 Å². The van der Waals surface area contributed by atoms with Crippen LogP contribution in [0.25, 0.3) is 0 Å². The van der Waals surface area contributed by atoms with E-state index in [1.807, 2.05) is 12.1 Å². The van der Waals surface area contributed by atoms with Gasteiger partial charge in [0.2, 0.25) is 5.28 Å². The van der Waals surface area contributed by atoms with Gasteiger partial charge in [-0.15, -0.1) is 0 Å². The zero-order valence-corrected chi connectivity index (χ0v) is 15.9. The van der Waals surface area contributed by atoms with Crippen LogP contribution < -0.4 is 20.1 Å². The molecule has 1 aliphatic heterocycles. The summed E-state index contributed by atoms with van der Waals surface area (Å²) in [5.74, 6) is 1.07.